The van der Waals surface area contributed by atoms with Crippen molar-refractivity contribution in [1.29, 1.82) is 0 Å². The van der Waals surface area contributed by atoms with E-state index in [1.807, 2.05) is 0 Å². The van der Waals surface area contributed by atoms with E-state index >= 15 is 0 Å². The Morgan fingerprint density at radius 1 is 1.10 bits per heavy atom. The second kappa shape index (κ2) is 4.33. The van der Waals surface area contributed by atoms with Gasteiger partial charge in [0.2, 0.25) is 0 Å². The Bertz CT molecular complexity index is 566. The van der Waals surface area contributed by atoms with Gasteiger partial charge >= 0.3 is 0 Å². The molecule has 1 aromatic carbocycles. The molecule has 3 aliphatic rings. The van der Waals surface area contributed by atoms with Crippen LogP contribution in [0, 0.1) is 0 Å². The van der Waals surface area contributed by atoms with Crippen molar-refractivity contribution in [2.75, 3.05) is 5.32 Å². The van der Waals surface area contributed by atoms with Gasteiger partial charge in [0.25, 0.3) is 0 Å². The minimum Gasteiger partial charge on any atom is -0.349 e. The maximum atomic E-state index is 5.16. The number of anilines is 1. The summed E-state index contributed by atoms with van der Waals surface area (Å²) in [6.07, 6.45) is 7.40. The minimum absolute atomic E-state index is 0.412. The van der Waals surface area contributed by atoms with Crippen molar-refractivity contribution in [2.24, 2.45) is 0 Å². The van der Waals surface area contributed by atoms with Gasteiger partial charge in [-0.3, -0.25) is 5.43 Å². The molecule has 1 aromatic rings. The molecule has 0 spiro atoms. The van der Waals surface area contributed by atoms with Crippen LogP contribution in [0.2, 0.25) is 0 Å². The first kappa shape index (κ1) is 12.4. The number of hydrogen-bond donors (Lipinski definition) is 4. The van der Waals surface area contributed by atoms with Crippen molar-refractivity contribution in [3.05, 3.63) is 28.3 Å². The number of aryl methyl sites for hydroxylation is 2. The fraction of sp³-hybridized carbons (Fsp3) is 0.533. The molecule has 5 heteroatoms. The average molecular weight is 288 g/mol. The Balaban J connectivity index is 1.76. The summed E-state index contributed by atoms with van der Waals surface area (Å²) in [4.78, 5) is 0. The number of benzene rings is 1. The van der Waals surface area contributed by atoms with Gasteiger partial charge in [0.05, 0.1) is 0 Å². The van der Waals surface area contributed by atoms with Crippen molar-refractivity contribution in [2.45, 2.75) is 51.2 Å². The first-order valence-corrected chi connectivity index (χ1v) is 7.85. The van der Waals surface area contributed by atoms with Crippen LogP contribution in [0.25, 0.3) is 0 Å². The molecule has 4 nitrogen and oxygen atoms in total. The smallest absolute Gasteiger partial charge is 0.183 e. The third-order valence-corrected chi connectivity index (χ3v) is 4.84. The molecule has 4 rings (SSSR count). The second-order valence-electron chi connectivity index (χ2n) is 6.19. The number of rotatable bonds is 2. The number of hydrazine groups is 1. The van der Waals surface area contributed by atoms with Gasteiger partial charge in [-0.1, -0.05) is 6.07 Å². The lowest BCUT2D eigenvalue weighted by molar-refractivity contribution is 0.409. The zero-order valence-electron chi connectivity index (χ0n) is 11.7. The van der Waals surface area contributed by atoms with E-state index in [0.29, 0.717) is 5.11 Å². The zero-order valence-corrected chi connectivity index (χ0v) is 12.5. The highest BCUT2D eigenvalue weighted by Crippen LogP contribution is 2.39. The lowest BCUT2D eigenvalue weighted by Crippen LogP contribution is -2.54. The Hall–Kier alpha value is -1.33. The molecular weight excluding hydrogens is 268 g/mol. The molecule has 2 aliphatic carbocycles. The zero-order chi connectivity index (χ0) is 13.7. The minimum atomic E-state index is -0.412. The Morgan fingerprint density at radius 2 is 1.75 bits per heavy atom. The number of fused-ring (bicyclic) bond motifs is 2. The van der Waals surface area contributed by atoms with Crippen molar-refractivity contribution in [1.82, 2.24) is 16.2 Å². The van der Waals surface area contributed by atoms with Gasteiger partial charge in [-0.25, -0.2) is 0 Å². The molecule has 1 heterocycles. The fourth-order valence-electron chi connectivity index (χ4n) is 3.75. The second-order valence-corrected chi connectivity index (χ2v) is 6.60. The van der Waals surface area contributed by atoms with Crippen LogP contribution in [0.4, 0.5) is 5.69 Å². The van der Waals surface area contributed by atoms with E-state index in [2.05, 4.69) is 34.5 Å². The van der Waals surface area contributed by atoms with Crippen LogP contribution < -0.4 is 21.5 Å². The molecule has 4 N–H and O–H groups in total. The summed E-state index contributed by atoms with van der Waals surface area (Å²) in [5.41, 5.74) is 13.7. The van der Waals surface area contributed by atoms with Crippen LogP contribution in [-0.2, 0) is 25.7 Å². The Labute approximate surface area is 124 Å². The first-order chi connectivity index (χ1) is 9.65. The largest absolute Gasteiger partial charge is 0.349 e. The molecule has 1 saturated heterocycles. The van der Waals surface area contributed by atoms with Gasteiger partial charge in [0.15, 0.2) is 10.9 Å². The van der Waals surface area contributed by atoms with E-state index in [4.69, 9.17) is 12.2 Å². The standard InChI is InChI=1S/C15H20N4S/c1-15(17-14(20)18-19-15)16-13-11-6-2-4-9(11)8-10-5-3-7-12(10)13/h8,16,19H,2-7H2,1H3,(H2,17,18,20). The molecule has 0 radical (unpaired) electrons. The number of thiocarbonyl (C=S) groups is 1. The maximum absolute atomic E-state index is 5.16. The summed E-state index contributed by atoms with van der Waals surface area (Å²) < 4.78 is 0. The van der Waals surface area contributed by atoms with Crippen LogP contribution >= 0.6 is 12.2 Å². The molecule has 0 saturated carbocycles. The summed E-state index contributed by atoms with van der Waals surface area (Å²) in [6, 6.07) is 2.45. The van der Waals surface area contributed by atoms with E-state index < -0.39 is 5.79 Å². The SMILES string of the molecule is CC1(Nc2c3c(cc4c2CCC4)CCC3)NNC(=S)N1. The van der Waals surface area contributed by atoms with Crippen molar-refractivity contribution >= 4 is 23.0 Å². The van der Waals surface area contributed by atoms with Crippen molar-refractivity contribution in [3.63, 3.8) is 0 Å². The molecule has 1 unspecified atom stereocenters. The molecule has 106 valence electrons. The van der Waals surface area contributed by atoms with Gasteiger partial charge in [0.1, 0.15) is 0 Å². The molecular formula is C15H20N4S. The summed E-state index contributed by atoms with van der Waals surface area (Å²) in [5.74, 6) is -0.412. The summed E-state index contributed by atoms with van der Waals surface area (Å²) in [6.45, 7) is 2.08. The highest BCUT2D eigenvalue weighted by Gasteiger charge is 2.33. The number of hydrogen-bond acceptors (Lipinski definition) is 3. The van der Waals surface area contributed by atoms with E-state index in [1.165, 1.54) is 55.3 Å². The Kier molecular flexibility index (Phi) is 2.69. The van der Waals surface area contributed by atoms with E-state index in [9.17, 15) is 0 Å². The van der Waals surface area contributed by atoms with Gasteiger partial charge in [-0.2, -0.15) is 5.43 Å². The van der Waals surface area contributed by atoms with Crippen LogP contribution in [-0.4, -0.2) is 10.9 Å². The molecule has 20 heavy (non-hydrogen) atoms. The summed E-state index contributed by atoms with van der Waals surface area (Å²) in [7, 11) is 0. The van der Waals surface area contributed by atoms with Gasteiger partial charge in [0, 0.05) is 5.69 Å². The lowest BCUT2D eigenvalue weighted by Gasteiger charge is -2.29. The normalized spacial score (nSPS) is 26.9. The maximum Gasteiger partial charge on any atom is 0.183 e. The lowest BCUT2D eigenvalue weighted by atomic mass is 9.98. The van der Waals surface area contributed by atoms with E-state index in [-0.39, 0.29) is 0 Å². The number of nitrogens with one attached hydrogen (secondary N) is 4. The third kappa shape index (κ3) is 1.88. The van der Waals surface area contributed by atoms with Gasteiger partial charge < -0.3 is 10.6 Å². The highest BCUT2D eigenvalue weighted by atomic mass is 32.1. The van der Waals surface area contributed by atoms with Crippen molar-refractivity contribution < 1.29 is 0 Å². The molecule has 1 atom stereocenters. The van der Waals surface area contributed by atoms with E-state index in [1.54, 1.807) is 11.1 Å². The molecule has 0 amide bonds. The molecule has 1 fully saturated rings. The predicted octanol–water partition coefficient (Wildman–Crippen LogP) is 1.73. The average Bonchev–Trinajstić information content (AvgIpc) is 3.09. The van der Waals surface area contributed by atoms with Crippen LogP contribution in [0.15, 0.2) is 6.07 Å². The third-order valence-electron chi connectivity index (χ3n) is 4.64. The van der Waals surface area contributed by atoms with E-state index in [0.717, 1.165) is 0 Å². The van der Waals surface area contributed by atoms with Crippen LogP contribution in [0.5, 0.6) is 0 Å². The van der Waals surface area contributed by atoms with Crippen molar-refractivity contribution in [3.8, 4) is 0 Å². The Morgan fingerprint density at radius 3 is 2.30 bits per heavy atom. The topological polar surface area (TPSA) is 48.1 Å². The predicted molar refractivity (Wildman–Crippen MR) is 84.5 cm³/mol. The van der Waals surface area contributed by atoms with Gasteiger partial charge in [-0.05, 0) is 79.9 Å². The first-order valence-electron chi connectivity index (χ1n) is 7.45. The quantitative estimate of drug-likeness (QED) is 0.625. The van der Waals surface area contributed by atoms with Crippen LogP contribution in [0.1, 0.15) is 42.0 Å². The molecule has 0 bridgehead atoms. The fourth-order valence-corrected chi connectivity index (χ4v) is 4.01. The van der Waals surface area contributed by atoms with Crippen LogP contribution in [0.3, 0.4) is 0 Å². The molecule has 1 aliphatic heterocycles. The summed E-state index contributed by atoms with van der Waals surface area (Å²) in [5, 5.41) is 7.58. The highest BCUT2D eigenvalue weighted by molar-refractivity contribution is 7.80. The molecule has 0 aromatic heterocycles. The summed E-state index contributed by atoms with van der Waals surface area (Å²) >= 11 is 5.16. The monoisotopic (exact) mass is 288 g/mol. The van der Waals surface area contributed by atoms with Gasteiger partial charge in [-0.15, -0.1) is 0 Å².